The van der Waals surface area contributed by atoms with Crippen molar-refractivity contribution in [2.75, 3.05) is 13.1 Å². The molecule has 3 rings (SSSR count). The molecule has 1 amide bonds. The molecule has 6 nitrogen and oxygen atoms in total. The fourth-order valence-electron chi connectivity index (χ4n) is 2.80. The number of aromatic amines is 1. The minimum Gasteiger partial charge on any atom is -0.481 e. The Balaban J connectivity index is 1.56. The number of carboxylic acid groups (broad SMARTS) is 1. The van der Waals surface area contributed by atoms with Crippen LogP contribution < -0.4 is 0 Å². The number of carbonyl (C=O) groups is 2. The van der Waals surface area contributed by atoms with Crippen LogP contribution in [0.4, 0.5) is 0 Å². The van der Waals surface area contributed by atoms with E-state index in [1.54, 1.807) is 4.90 Å². The number of rotatable bonds is 4. The lowest BCUT2D eigenvalue weighted by Crippen LogP contribution is -2.39. The molecule has 2 fully saturated rings. The van der Waals surface area contributed by atoms with Gasteiger partial charge in [-0.2, -0.15) is 5.10 Å². The zero-order valence-corrected chi connectivity index (χ0v) is 11.3. The highest BCUT2D eigenvalue weighted by Gasteiger charge is 2.29. The molecule has 108 valence electrons. The van der Waals surface area contributed by atoms with E-state index in [9.17, 15) is 9.59 Å². The molecule has 0 aromatic carbocycles. The molecule has 2 N–H and O–H groups in total. The van der Waals surface area contributed by atoms with Gasteiger partial charge in [0.2, 0.25) is 0 Å². The predicted octanol–water partition coefficient (Wildman–Crippen LogP) is 1.61. The summed E-state index contributed by atoms with van der Waals surface area (Å²) < 4.78 is 0. The van der Waals surface area contributed by atoms with Gasteiger partial charge in [-0.05, 0) is 37.7 Å². The van der Waals surface area contributed by atoms with Gasteiger partial charge in [0.15, 0.2) is 0 Å². The van der Waals surface area contributed by atoms with Crippen LogP contribution in [-0.2, 0) is 4.79 Å². The highest BCUT2D eigenvalue weighted by Crippen LogP contribution is 2.39. The third-order valence-electron chi connectivity index (χ3n) is 4.20. The highest BCUT2D eigenvalue weighted by molar-refractivity contribution is 5.92. The van der Waals surface area contributed by atoms with Crippen LogP contribution in [0.25, 0.3) is 0 Å². The van der Waals surface area contributed by atoms with Gasteiger partial charge in [0.1, 0.15) is 5.69 Å². The van der Waals surface area contributed by atoms with Gasteiger partial charge in [-0.3, -0.25) is 14.7 Å². The molecule has 6 heteroatoms. The number of piperidine rings is 1. The molecule has 1 aliphatic heterocycles. The van der Waals surface area contributed by atoms with Gasteiger partial charge in [-0.15, -0.1) is 0 Å². The molecular weight excluding hydrogens is 258 g/mol. The van der Waals surface area contributed by atoms with Crippen molar-refractivity contribution in [2.45, 2.75) is 38.0 Å². The third-order valence-corrected chi connectivity index (χ3v) is 4.20. The van der Waals surface area contributed by atoms with Gasteiger partial charge in [-0.1, -0.05) is 0 Å². The molecule has 1 aromatic heterocycles. The minimum atomic E-state index is -0.754. The Morgan fingerprint density at radius 2 is 2.00 bits per heavy atom. The van der Waals surface area contributed by atoms with Gasteiger partial charge in [0.05, 0.1) is 0 Å². The van der Waals surface area contributed by atoms with E-state index in [-0.39, 0.29) is 18.2 Å². The first-order chi connectivity index (χ1) is 9.63. The van der Waals surface area contributed by atoms with E-state index < -0.39 is 5.97 Å². The largest absolute Gasteiger partial charge is 0.481 e. The summed E-state index contributed by atoms with van der Waals surface area (Å²) in [5.41, 5.74) is 1.55. The van der Waals surface area contributed by atoms with Crippen LogP contribution in [-0.4, -0.2) is 45.2 Å². The van der Waals surface area contributed by atoms with Crippen LogP contribution in [0.3, 0.4) is 0 Å². The number of carboxylic acids is 1. The normalized spacial score (nSPS) is 20.1. The van der Waals surface area contributed by atoms with Gasteiger partial charge in [0, 0.05) is 31.1 Å². The van der Waals surface area contributed by atoms with E-state index in [2.05, 4.69) is 10.2 Å². The number of aromatic nitrogens is 2. The first-order valence-corrected chi connectivity index (χ1v) is 7.20. The van der Waals surface area contributed by atoms with Gasteiger partial charge >= 0.3 is 5.97 Å². The maximum atomic E-state index is 12.3. The summed E-state index contributed by atoms with van der Waals surface area (Å²) in [6.45, 7) is 1.25. The number of nitrogens with one attached hydrogen (secondary N) is 1. The molecule has 1 saturated heterocycles. The Kier molecular flexibility index (Phi) is 3.46. The first kappa shape index (κ1) is 13.1. The molecule has 1 aromatic rings. The number of amides is 1. The Morgan fingerprint density at radius 3 is 2.60 bits per heavy atom. The molecular formula is C14H19N3O3. The van der Waals surface area contributed by atoms with Gasteiger partial charge < -0.3 is 10.0 Å². The first-order valence-electron chi connectivity index (χ1n) is 7.20. The number of hydrogen-bond donors (Lipinski definition) is 2. The van der Waals surface area contributed by atoms with Crippen LogP contribution in [0.5, 0.6) is 0 Å². The van der Waals surface area contributed by atoms with E-state index in [1.165, 1.54) is 12.8 Å². The second-order valence-corrected chi connectivity index (χ2v) is 5.82. The Morgan fingerprint density at radius 1 is 1.30 bits per heavy atom. The molecule has 2 heterocycles. The second-order valence-electron chi connectivity index (χ2n) is 5.82. The quantitative estimate of drug-likeness (QED) is 0.875. The zero-order chi connectivity index (χ0) is 14.1. The Bertz CT molecular complexity index is 513. The highest BCUT2D eigenvalue weighted by atomic mass is 16.4. The number of hydrogen-bond acceptors (Lipinski definition) is 3. The molecule has 0 spiro atoms. The van der Waals surface area contributed by atoms with E-state index in [1.807, 2.05) is 6.07 Å². The topological polar surface area (TPSA) is 86.3 Å². The molecule has 20 heavy (non-hydrogen) atoms. The van der Waals surface area contributed by atoms with Gasteiger partial charge in [0.25, 0.3) is 5.91 Å². The van der Waals surface area contributed by atoms with E-state index in [0.717, 1.165) is 18.5 Å². The maximum absolute atomic E-state index is 12.3. The lowest BCUT2D eigenvalue weighted by Gasteiger charge is -2.30. The van der Waals surface area contributed by atoms with Crippen molar-refractivity contribution < 1.29 is 14.7 Å². The number of likely N-dealkylation sites (tertiary alicyclic amines) is 1. The standard InChI is InChI=1S/C14H19N3O3/c18-13(19)7-9-3-5-17(6-4-9)14(20)12-8-11(15-16-12)10-1-2-10/h8-10H,1-7H2,(H,15,16)(H,18,19). The minimum absolute atomic E-state index is 0.0399. The third kappa shape index (κ3) is 2.84. The lowest BCUT2D eigenvalue weighted by atomic mass is 9.93. The second kappa shape index (κ2) is 5.26. The van der Waals surface area contributed by atoms with Crippen LogP contribution in [0.2, 0.25) is 0 Å². The van der Waals surface area contributed by atoms with Crippen molar-refractivity contribution >= 4 is 11.9 Å². The molecule has 1 saturated carbocycles. The van der Waals surface area contributed by atoms with Crippen LogP contribution in [0.15, 0.2) is 6.07 Å². The van der Waals surface area contributed by atoms with Crippen molar-refractivity contribution in [1.29, 1.82) is 0 Å². The average molecular weight is 277 g/mol. The molecule has 0 radical (unpaired) electrons. The molecule has 0 bridgehead atoms. The summed E-state index contributed by atoms with van der Waals surface area (Å²) in [6.07, 6.45) is 4.08. The summed E-state index contributed by atoms with van der Waals surface area (Å²) in [6, 6.07) is 1.86. The summed E-state index contributed by atoms with van der Waals surface area (Å²) in [5, 5.41) is 15.8. The summed E-state index contributed by atoms with van der Waals surface area (Å²) in [4.78, 5) is 24.8. The predicted molar refractivity (Wildman–Crippen MR) is 71.4 cm³/mol. The fourth-order valence-corrected chi connectivity index (χ4v) is 2.80. The van der Waals surface area contributed by atoms with Gasteiger partial charge in [-0.25, -0.2) is 0 Å². The van der Waals surface area contributed by atoms with E-state index in [4.69, 9.17) is 5.11 Å². The van der Waals surface area contributed by atoms with Crippen molar-refractivity contribution in [2.24, 2.45) is 5.92 Å². The smallest absolute Gasteiger partial charge is 0.303 e. The summed E-state index contributed by atoms with van der Waals surface area (Å²) in [5.74, 6) is -0.0406. The van der Waals surface area contributed by atoms with Crippen molar-refractivity contribution in [3.8, 4) is 0 Å². The maximum Gasteiger partial charge on any atom is 0.303 e. The van der Waals surface area contributed by atoms with E-state index >= 15 is 0 Å². The van der Waals surface area contributed by atoms with Crippen molar-refractivity contribution in [1.82, 2.24) is 15.1 Å². The van der Waals surface area contributed by atoms with Crippen LogP contribution in [0, 0.1) is 5.92 Å². The zero-order valence-electron chi connectivity index (χ0n) is 11.3. The summed E-state index contributed by atoms with van der Waals surface area (Å²) >= 11 is 0. The fraction of sp³-hybridized carbons (Fsp3) is 0.643. The molecule has 0 unspecified atom stereocenters. The lowest BCUT2D eigenvalue weighted by molar-refractivity contribution is -0.138. The molecule has 2 aliphatic rings. The molecule has 1 aliphatic carbocycles. The number of nitrogens with zero attached hydrogens (tertiary/aromatic N) is 2. The van der Waals surface area contributed by atoms with Crippen LogP contribution in [0.1, 0.15) is 54.2 Å². The average Bonchev–Trinajstić information content (AvgIpc) is 3.16. The summed E-state index contributed by atoms with van der Waals surface area (Å²) in [7, 11) is 0. The Labute approximate surface area is 117 Å². The molecule has 0 atom stereocenters. The number of aliphatic carboxylic acids is 1. The van der Waals surface area contributed by atoms with Crippen molar-refractivity contribution in [3.63, 3.8) is 0 Å². The Hall–Kier alpha value is -1.85. The van der Waals surface area contributed by atoms with E-state index in [0.29, 0.717) is 24.7 Å². The number of H-pyrrole nitrogens is 1. The van der Waals surface area contributed by atoms with Crippen LogP contribution >= 0.6 is 0 Å². The number of carbonyl (C=O) groups excluding carboxylic acids is 1. The SMILES string of the molecule is O=C(O)CC1CCN(C(=O)c2cc(C3CC3)[nH]n2)CC1. The monoisotopic (exact) mass is 277 g/mol. The van der Waals surface area contributed by atoms with Crippen molar-refractivity contribution in [3.05, 3.63) is 17.5 Å².